The number of tetrazole rings is 1. The molecule has 0 aliphatic heterocycles. The molecule has 0 unspecified atom stereocenters. The van der Waals surface area contributed by atoms with E-state index in [4.69, 9.17) is 4.74 Å². The van der Waals surface area contributed by atoms with E-state index >= 15 is 0 Å². The fourth-order valence-corrected chi connectivity index (χ4v) is 3.52. The number of carbonyl (C=O) groups excluding carboxylic acids is 1. The van der Waals surface area contributed by atoms with Crippen LogP contribution in [0.25, 0.3) is 5.69 Å². The fraction of sp³-hybridized carbons (Fsp3) is 0.263. The molecule has 0 radical (unpaired) electrons. The quantitative estimate of drug-likeness (QED) is 0.657. The van der Waals surface area contributed by atoms with E-state index in [9.17, 15) is 4.79 Å². The maximum atomic E-state index is 12.6. The molecule has 1 N–H and O–H groups in total. The Kier molecular flexibility index (Phi) is 5.75. The third kappa shape index (κ3) is 4.11. The van der Waals surface area contributed by atoms with Gasteiger partial charge < -0.3 is 10.1 Å². The van der Waals surface area contributed by atoms with E-state index in [1.165, 1.54) is 11.8 Å². The molecule has 7 nitrogen and oxygen atoms in total. The summed E-state index contributed by atoms with van der Waals surface area (Å²) in [5.74, 6) is 0.462. The van der Waals surface area contributed by atoms with Crippen molar-refractivity contribution in [3.8, 4) is 11.4 Å². The lowest BCUT2D eigenvalue weighted by Gasteiger charge is -2.15. The number of nitrogens with zero attached hydrogens (tertiary/aromatic N) is 4. The number of amides is 1. The summed E-state index contributed by atoms with van der Waals surface area (Å²) in [5, 5.41) is 15.1. The van der Waals surface area contributed by atoms with Gasteiger partial charge in [0.15, 0.2) is 0 Å². The van der Waals surface area contributed by atoms with Crippen molar-refractivity contribution in [1.29, 1.82) is 0 Å². The van der Waals surface area contributed by atoms with Crippen molar-refractivity contribution in [1.82, 2.24) is 20.2 Å². The first-order chi connectivity index (χ1) is 13.0. The Labute approximate surface area is 162 Å². The van der Waals surface area contributed by atoms with Crippen molar-refractivity contribution in [3.63, 3.8) is 0 Å². The third-order valence-corrected chi connectivity index (χ3v) is 5.14. The minimum atomic E-state index is -0.399. The van der Waals surface area contributed by atoms with Crippen LogP contribution in [0.3, 0.4) is 0 Å². The summed E-state index contributed by atoms with van der Waals surface area (Å²) in [5.41, 5.74) is 3.69. The molecule has 1 heterocycles. The van der Waals surface area contributed by atoms with Crippen molar-refractivity contribution in [2.24, 2.45) is 0 Å². The van der Waals surface area contributed by atoms with E-state index in [-0.39, 0.29) is 5.91 Å². The van der Waals surface area contributed by atoms with Gasteiger partial charge in [0, 0.05) is 0 Å². The SMILES string of the molecule is COc1ccccc1NC(=O)[C@H](C)Sc1nnnn1-c1c(C)cccc1C. The molecule has 1 aromatic heterocycles. The maximum absolute atomic E-state index is 12.6. The Morgan fingerprint density at radius 1 is 1.15 bits per heavy atom. The number of ether oxygens (including phenoxy) is 1. The van der Waals surface area contributed by atoms with Gasteiger partial charge in [-0.25, -0.2) is 0 Å². The number of carbonyl (C=O) groups is 1. The highest BCUT2D eigenvalue weighted by Gasteiger charge is 2.21. The van der Waals surface area contributed by atoms with E-state index in [0.29, 0.717) is 16.6 Å². The molecular weight excluding hydrogens is 362 g/mol. The highest BCUT2D eigenvalue weighted by molar-refractivity contribution is 8.00. The minimum Gasteiger partial charge on any atom is -0.495 e. The Bertz CT molecular complexity index is 937. The van der Waals surface area contributed by atoms with Gasteiger partial charge in [-0.15, -0.1) is 5.10 Å². The summed E-state index contributed by atoms with van der Waals surface area (Å²) in [6, 6.07) is 13.3. The first-order valence-electron chi connectivity index (χ1n) is 8.46. The second-order valence-electron chi connectivity index (χ2n) is 6.06. The molecule has 3 aromatic rings. The molecule has 0 aliphatic carbocycles. The average Bonchev–Trinajstić information content (AvgIpc) is 3.09. The lowest BCUT2D eigenvalue weighted by molar-refractivity contribution is -0.115. The van der Waals surface area contributed by atoms with Crippen LogP contribution in [0.1, 0.15) is 18.1 Å². The summed E-state index contributed by atoms with van der Waals surface area (Å²) in [6.45, 7) is 5.84. The number of para-hydroxylation sites is 3. The number of thioether (sulfide) groups is 1. The van der Waals surface area contributed by atoms with Crippen LogP contribution in [-0.4, -0.2) is 38.5 Å². The van der Waals surface area contributed by atoms with Gasteiger partial charge in [0.05, 0.1) is 23.7 Å². The second-order valence-corrected chi connectivity index (χ2v) is 7.37. The number of rotatable bonds is 6. The van der Waals surface area contributed by atoms with Gasteiger partial charge in [0.2, 0.25) is 11.1 Å². The fourth-order valence-electron chi connectivity index (χ4n) is 2.73. The second kappa shape index (κ2) is 8.22. The number of aromatic nitrogens is 4. The number of hydrogen-bond donors (Lipinski definition) is 1. The third-order valence-electron chi connectivity index (χ3n) is 4.11. The van der Waals surface area contributed by atoms with E-state index in [0.717, 1.165) is 16.8 Å². The normalized spacial score (nSPS) is 11.9. The Morgan fingerprint density at radius 2 is 1.85 bits per heavy atom. The van der Waals surface area contributed by atoms with Crippen LogP contribution in [0.2, 0.25) is 0 Å². The van der Waals surface area contributed by atoms with Crippen LogP contribution in [-0.2, 0) is 4.79 Å². The number of anilines is 1. The largest absolute Gasteiger partial charge is 0.495 e. The van der Waals surface area contributed by atoms with Crippen molar-refractivity contribution < 1.29 is 9.53 Å². The summed E-state index contributed by atoms with van der Waals surface area (Å²) in [6.07, 6.45) is 0. The molecule has 0 bridgehead atoms. The van der Waals surface area contributed by atoms with Crippen LogP contribution in [0.5, 0.6) is 5.75 Å². The van der Waals surface area contributed by atoms with Gasteiger partial charge in [-0.3, -0.25) is 4.79 Å². The Morgan fingerprint density at radius 3 is 2.56 bits per heavy atom. The topological polar surface area (TPSA) is 81.9 Å². The van der Waals surface area contributed by atoms with Crippen LogP contribution in [0.15, 0.2) is 47.6 Å². The highest BCUT2D eigenvalue weighted by Crippen LogP contribution is 2.28. The molecule has 0 fully saturated rings. The summed E-state index contributed by atoms with van der Waals surface area (Å²) >= 11 is 1.30. The van der Waals surface area contributed by atoms with Crippen LogP contribution < -0.4 is 10.1 Å². The molecule has 3 rings (SSSR count). The minimum absolute atomic E-state index is 0.152. The molecular formula is C19H21N5O2S. The molecule has 0 spiro atoms. The number of hydrogen-bond acceptors (Lipinski definition) is 6. The van der Waals surface area contributed by atoms with Crippen LogP contribution >= 0.6 is 11.8 Å². The smallest absolute Gasteiger partial charge is 0.237 e. The Balaban J connectivity index is 1.78. The zero-order valence-electron chi connectivity index (χ0n) is 15.6. The lowest BCUT2D eigenvalue weighted by atomic mass is 10.1. The van der Waals surface area contributed by atoms with E-state index in [1.54, 1.807) is 23.9 Å². The van der Waals surface area contributed by atoms with Crippen molar-refractivity contribution in [2.45, 2.75) is 31.2 Å². The number of benzene rings is 2. The summed E-state index contributed by atoms with van der Waals surface area (Å²) in [7, 11) is 1.57. The zero-order valence-corrected chi connectivity index (χ0v) is 16.4. The predicted molar refractivity (Wildman–Crippen MR) is 106 cm³/mol. The molecule has 0 aliphatic rings. The zero-order chi connectivity index (χ0) is 19.4. The van der Waals surface area contributed by atoms with Gasteiger partial charge in [-0.2, -0.15) is 4.68 Å². The standard InChI is InChI=1S/C19H21N5O2S/c1-12-8-7-9-13(2)17(12)24-19(21-22-23-24)27-14(3)18(25)20-15-10-5-6-11-16(15)26-4/h5-11,14H,1-4H3,(H,20,25)/t14-/m0/s1. The first kappa shape index (κ1) is 18.9. The van der Waals surface area contributed by atoms with Crippen LogP contribution in [0, 0.1) is 13.8 Å². The van der Waals surface area contributed by atoms with Gasteiger partial charge in [0.25, 0.3) is 0 Å². The van der Waals surface area contributed by atoms with Crippen molar-refractivity contribution in [2.75, 3.05) is 12.4 Å². The number of aryl methyl sites for hydroxylation is 2. The molecule has 0 saturated heterocycles. The molecule has 8 heteroatoms. The van der Waals surface area contributed by atoms with Crippen molar-refractivity contribution >= 4 is 23.4 Å². The van der Waals surface area contributed by atoms with Gasteiger partial charge in [-0.05, 0) is 54.5 Å². The van der Waals surface area contributed by atoms with Gasteiger partial charge in [-0.1, -0.05) is 42.1 Å². The van der Waals surface area contributed by atoms with Gasteiger partial charge >= 0.3 is 0 Å². The average molecular weight is 383 g/mol. The van der Waals surface area contributed by atoms with E-state index in [2.05, 4.69) is 20.8 Å². The predicted octanol–water partition coefficient (Wildman–Crippen LogP) is 3.41. The monoisotopic (exact) mass is 383 g/mol. The molecule has 2 aromatic carbocycles. The van der Waals surface area contributed by atoms with Crippen molar-refractivity contribution in [3.05, 3.63) is 53.6 Å². The Hall–Kier alpha value is -2.87. The van der Waals surface area contributed by atoms with E-state index < -0.39 is 5.25 Å². The molecule has 1 atom stereocenters. The lowest BCUT2D eigenvalue weighted by Crippen LogP contribution is -2.23. The molecule has 27 heavy (non-hydrogen) atoms. The van der Waals surface area contributed by atoms with E-state index in [1.807, 2.05) is 51.1 Å². The summed E-state index contributed by atoms with van der Waals surface area (Å²) < 4.78 is 6.96. The summed E-state index contributed by atoms with van der Waals surface area (Å²) in [4.78, 5) is 12.6. The molecule has 0 saturated carbocycles. The maximum Gasteiger partial charge on any atom is 0.237 e. The van der Waals surface area contributed by atoms with Gasteiger partial charge in [0.1, 0.15) is 5.75 Å². The van der Waals surface area contributed by atoms with Crippen LogP contribution in [0.4, 0.5) is 5.69 Å². The highest BCUT2D eigenvalue weighted by atomic mass is 32.2. The number of nitrogens with one attached hydrogen (secondary N) is 1. The molecule has 140 valence electrons. The molecule has 1 amide bonds. The first-order valence-corrected chi connectivity index (χ1v) is 9.34. The number of methoxy groups -OCH3 is 1.